The molecule has 0 radical (unpaired) electrons. The Labute approximate surface area is 228 Å². The van der Waals surface area contributed by atoms with E-state index in [0.29, 0.717) is 16.6 Å². The van der Waals surface area contributed by atoms with Crippen molar-refractivity contribution in [1.29, 1.82) is 0 Å². The largest absolute Gasteiger partial charge is 0.573 e. The summed E-state index contributed by atoms with van der Waals surface area (Å²) in [6.45, 7) is 10.0. The van der Waals surface area contributed by atoms with Crippen LogP contribution < -0.4 is 10.1 Å². The minimum atomic E-state index is -4.93. The van der Waals surface area contributed by atoms with E-state index in [-0.39, 0.29) is 17.6 Å². The van der Waals surface area contributed by atoms with Gasteiger partial charge in [-0.3, -0.25) is 0 Å². The summed E-state index contributed by atoms with van der Waals surface area (Å²) in [5, 5.41) is 12.7. The highest BCUT2D eigenvalue weighted by Gasteiger charge is 2.32. The molecule has 0 aliphatic carbocycles. The lowest BCUT2D eigenvalue weighted by Gasteiger charge is -2.26. The number of carboxylic acids is 1. The standard InChI is InChI=1S/C28H31F3N2O7/c1-26(2,3)39-24(36)20(32-25(37)40-27(4,5)6)13-16-8-7-9-18(12-16)33-21-15-19(38-28(29,30)31)11-10-17(21)14-22(33)23(34)35/h7-12,14-15,20H,13H2,1-6H3,(H,32,37)(H,34,35)/t20-/m0/s1. The van der Waals surface area contributed by atoms with Gasteiger partial charge in [0.2, 0.25) is 0 Å². The summed E-state index contributed by atoms with van der Waals surface area (Å²) in [5.74, 6) is -2.53. The summed E-state index contributed by atoms with van der Waals surface area (Å²) in [4.78, 5) is 37.5. The third kappa shape index (κ3) is 8.39. The molecule has 1 heterocycles. The second-order valence-electron chi connectivity index (χ2n) is 11.0. The number of hydrogen-bond donors (Lipinski definition) is 2. The molecule has 3 rings (SSSR count). The van der Waals surface area contributed by atoms with Crippen molar-refractivity contribution in [3.8, 4) is 11.4 Å². The molecule has 1 atom stereocenters. The number of carbonyl (C=O) groups is 3. The number of alkyl halides is 3. The Balaban J connectivity index is 2.03. The molecule has 2 aromatic carbocycles. The van der Waals surface area contributed by atoms with Crippen LogP contribution in [0.15, 0.2) is 48.5 Å². The van der Waals surface area contributed by atoms with Gasteiger partial charge in [0.15, 0.2) is 0 Å². The number of nitrogens with one attached hydrogen (secondary N) is 1. The van der Waals surface area contributed by atoms with Gasteiger partial charge in [-0.1, -0.05) is 12.1 Å². The number of fused-ring (bicyclic) bond motifs is 1. The van der Waals surface area contributed by atoms with Crippen molar-refractivity contribution in [2.45, 2.75) is 71.6 Å². The first-order valence-electron chi connectivity index (χ1n) is 12.3. The molecule has 40 heavy (non-hydrogen) atoms. The van der Waals surface area contributed by atoms with Crippen LogP contribution in [0.2, 0.25) is 0 Å². The maximum absolute atomic E-state index is 13.0. The minimum absolute atomic E-state index is 0.0496. The molecule has 0 spiro atoms. The van der Waals surface area contributed by atoms with Crippen LogP contribution in [-0.2, 0) is 20.7 Å². The molecule has 2 N–H and O–H groups in total. The van der Waals surface area contributed by atoms with Crippen molar-refractivity contribution in [1.82, 2.24) is 9.88 Å². The summed E-state index contributed by atoms with van der Waals surface area (Å²) in [6.07, 6.45) is -5.81. The van der Waals surface area contributed by atoms with Crippen LogP contribution in [0, 0.1) is 0 Å². The van der Waals surface area contributed by atoms with E-state index < -0.39 is 47.4 Å². The number of aromatic carboxylic acids is 1. The lowest BCUT2D eigenvalue weighted by molar-refractivity contribution is -0.274. The Hall–Kier alpha value is -4.22. The number of alkyl carbamates (subject to hydrolysis) is 1. The topological polar surface area (TPSA) is 116 Å². The molecule has 0 saturated heterocycles. The number of esters is 1. The van der Waals surface area contributed by atoms with Gasteiger partial charge in [-0.05, 0) is 77.4 Å². The van der Waals surface area contributed by atoms with E-state index in [2.05, 4.69) is 10.1 Å². The fourth-order valence-corrected chi connectivity index (χ4v) is 3.89. The van der Waals surface area contributed by atoms with E-state index in [1.807, 2.05) is 0 Å². The number of benzene rings is 2. The molecule has 0 aliphatic heterocycles. The summed E-state index contributed by atoms with van der Waals surface area (Å²) in [6, 6.07) is 10.1. The van der Waals surface area contributed by atoms with E-state index >= 15 is 0 Å². The van der Waals surface area contributed by atoms with E-state index in [0.717, 1.165) is 12.1 Å². The smallest absolute Gasteiger partial charge is 0.477 e. The molecule has 0 unspecified atom stereocenters. The summed E-state index contributed by atoms with van der Waals surface area (Å²) in [7, 11) is 0. The molecule has 1 aromatic heterocycles. The number of amides is 1. The van der Waals surface area contributed by atoms with Crippen LogP contribution in [0.1, 0.15) is 57.6 Å². The average molecular weight is 565 g/mol. The lowest BCUT2D eigenvalue weighted by atomic mass is 10.0. The first-order valence-corrected chi connectivity index (χ1v) is 12.3. The monoisotopic (exact) mass is 564 g/mol. The van der Waals surface area contributed by atoms with Gasteiger partial charge >= 0.3 is 24.4 Å². The van der Waals surface area contributed by atoms with Crippen molar-refractivity contribution in [3.05, 3.63) is 59.8 Å². The van der Waals surface area contributed by atoms with E-state index in [9.17, 15) is 32.7 Å². The van der Waals surface area contributed by atoms with Crippen molar-refractivity contribution in [2.75, 3.05) is 0 Å². The molecule has 0 bridgehead atoms. The quantitative estimate of drug-likeness (QED) is 0.338. The van der Waals surface area contributed by atoms with Crippen LogP contribution in [0.4, 0.5) is 18.0 Å². The van der Waals surface area contributed by atoms with Gasteiger partial charge in [0.25, 0.3) is 0 Å². The second-order valence-corrected chi connectivity index (χ2v) is 11.0. The van der Waals surface area contributed by atoms with Gasteiger partial charge in [0, 0.05) is 23.6 Å². The molecule has 0 saturated carbocycles. The number of carboxylic acid groups (broad SMARTS) is 1. The molecule has 0 aliphatic rings. The maximum Gasteiger partial charge on any atom is 0.573 e. The number of carbonyl (C=O) groups excluding carboxylic acids is 2. The zero-order valence-electron chi connectivity index (χ0n) is 22.9. The number of aromatic nitrogens is 1. The first-order chi connectivity index (χ1) is 18.3. The molecule has 9 nitrogen and oxygen atoms in total. The van der Waals surface area contributed by atoms with E-state index in [4.69, 9.17) is 9.47 Å². The highest BCUT2D eigenvalue weighted by Crippen LogP contribution is 2.31. The van der Waals surface area contributed by atoms with Gasteiger partial charge < -0.3 is 29.2 Å². The fourth-order valence-electron chi connectivity index (χ4n) is 3.89. The zero-order valence-corrected chi connectivity index (χ0v) is 22.9. The fraction of sp³-hybridized carbons (Fsp3) is 0.393. The normalized spacial score (nSPS) is 13.0. The van der Waals surface area contributed by atoms with Crippen molar-refractivity contribution in [3.63, 3.8) is 0 Å². The van der Waals surface area contributed by atoms with Gasteiger partial charge in [-0.2, -0.15) is 0 Å². The molecule has 12 heteroatoms. The van der Waals surface area contributed by atoms with Crippen LogP contribution in [0.5, 0.6) is 5.75 Å². The Bertz CT molecular complexity index is 1420. The van der Waals surface area contributed by atoms with Crippen LogP contribution in [0.3, 0.4) is 0 Å². The van der Waals surface area contributed by atoms with Crippen LogP contribution in [0.25, 0.3) is 16.6 Å². The molecule has 1 amide bonds. The zero-order chi connectivity index (χ0) is 30.0. The minimum Gasteiger partial charge on any atom is -0.477 e. The highest BCUT2D eigenvalue weighted by molar-refractivity contribution is 5.96. The second kappa shape index (κ2) is 11.1. The predicted octanol–water partition coefficient (Wildman–Crippen LogP) is 6.00. The molecule has 216 valence electrons. The molecular weight excluding hydrogens is 533 g/mol. The lowest BCUT2D eigenvalue weighted by Crippen LogP contribution is -2.47. The third-order valence-corrected chi connectivity index (χ3v) is 5.22. The SMILES string of the molecule is CC(C)(C)OC(=O)N[C@@H](Cc1cccc(-n2c(C(=O)O)cc3ccc(OC(F)(F)F)cc32)c1)C(=O)OC(C)(C)C. The predicted molar refractivity (Wildman–Crippen MR) is 140 cm³/mol. The Morgan fingerprint density at radius 1 is 0.925 bits per heavy atom. The van der Waals surface area contributed by atoms with Crippen LogP contribution >= 0.6 is 0 Å². The van der Waals surface area contributed by atoms with Gasteiger partial charge in [0.1, 0.15) is 28.7 Å². The summed E-state index contributed by atoms with van der Waals surface area (Å²) in [5.41, 5.74) is -0.901. The maximum atomic E-state index is 13.0. The molecule has 0 fully saturated rings. The number of nitrogens with zero attached hydrogens (tertiary/aromatic N) is 1. The first kappa shape index (κ1) is 30.3. The number of ether oxygens (including phenoxy) is 3. The molecular formula is C28H31F3N2O7. The van der Waals surface area contributed by atoms with E-state index in [1.54, 1.807) is 65.8 Å². The number of hydrogen-bond acceptors (Lipinski definition) is 6. The van der Waals surface area contributed by atoms with Crippen molar-refractivity contribution < 1.29 is 46.9 Å². The van der Waals surface area contributed by atoms with Gasteiger partial charge in [0.05, 0.1) is 5.52 Å². The number of rotatable bonds is 7. The molecule has 3 aromatic rings. The highest BCUT2D eigenvalue weighted by atomic mass is 19.4. The van der Waals surface area contributed by atoms with E-state index in [1.165, 1.54) is 16.7 Å². The van der Waals surface area contributed by atoms with Crippen molar-refractivity contribution >= 4 is 28.9 Å². The Kier molecular flexibility index (Phi) is 8.42. The summed E-state index contributed by atoms with van der Waals surface area (Å²) >= 11 is 0. The Morgan fingerprint density at radius 2 is 1.57 bits per heavy atom. The van der Waals surface area contributed by atoms with Crippen molar-refractivity contribution in [2.24, 2.45) is 0 Å². The van der Waals surface area contributed by atoms with Gasteiger partial charge in [-0.15, -0.1) is 13.2 Å². The Morgan fingerprint density at radius 3 is 2.15 bits per heavy atom. The van der Waals surface area contributed by atoms with Gasteiger partial charge in [-0.25, -0.2) is 14.4 Å². The van der Waals surface area contributed by atoms with Crippen LogP contribution in [-0.4, -0.2) is 51.3 Å². The third-order valence-electron chi connectivity index (χ3n) is 5.22. The average Bonchev–Trinajstić information content (AvgIpc) is 3.14. The number of halogens is 3. The summed E-state index contributed by atoms with van der Waals surface area (Å²) < 4.78 is 54.5.